The molecule has 1 aliphatic heterocycles. The average Bonchev–Trinajstić information content (AvgIpc) is 2.52. The summed E-state index contributed by atoms with van der Waals surface area (Å²) in [5, 5.41) is 17.9. The van der Waals surface area contributed by atoms with Crippen LogP contribution in [0.15, 0.2) is 18.2 Å². The van der Waals surface area contributed by atoms with Crippen LogP contribution in [0.1, 0.15) is 12.0 Å². The highest BCUT2D eigenvalue weighted by molar-refractivity contribution is 5.67. The molecule has 112 valence electrons. The van der Waals surface area contributed by atoms with Gasteiger partial charge in [-0.2, -0.15) is 5.26 Å². The van der Waals surface area contributed by atoms with Crippen LogP contribution in [-0.4, -0.2) is 55.8 Å². The first-order valence-electron chi connectivity index (χ1n) is 6.91. The summed E-state index contributed by atoms with van der Waals surface area (Å²) >= 11 is 0. The Hall–Kier alpha value is -2.26. The third-order valence-corrected chi connectivity index (χ3v) is 3.68. The van der Waals surface area contributed by atoms with Gasteiger partial charge in [-0.25, -0.2) is 0 Å². The number of carbonyl (C=O) groups is 1. The topological polar surface area (TPSA) is 76.8 Å². The molecule has 2 rings (SSSR count). The van der Waals surface area contributed by atoms with Crippen molar-refractivity contribution >= 4 is 11.7 Å². The maximum atomic E-state index is 10.6. The van der Waals surface area contributed by atoms with Gasteiger partial charge in [0, 0.05) is 38.8 Å². The summed E-state index contributed by atoms with van der Waals surface area (Å²) in [6.07, 6.45) is 0.169. The molecule has 6 nitrogen and oxygen atoms in total. The highest BCUT2D eigenvalue weighted by Gasteiger charge is 2.20. The van der Waals surface area contributed by atoms with E-state index >= 15 is 0 Å². The van der Waals surface area contributed by atoms with E-state index in [9.17, 15) is 10.1 Å². The van der Waals surface area contributed by atoms with Gasteiger partial charge in [0.15, 0.2) is 0 Å². The number of rotatable bonds is 5. The van der Waals surface area contributed by atoms with Gasteiger partial charge in [0.25, 0.3) is 0 Å². The first-order valence-corrected chi connectivity index (χ1v) is 6.91. The Morgan fingerprint density at radius 1 is 1.38 bits per heavy atom. The number of ether oxygens (including phenoxy) is 1. The number of benzene rings is 1. The van der Waals surface area contributed by atoms with Crippen LogP contribution in [0.4, 0.5) is 5.69 Å². The van der Waals surface area contributed by atoms with Crippen molar-refractivity contribution in [1.29, 1.82) is 5.26 Å². The summed E-state index contributed by atoms with van der Waals surface area (Å²) in [6.45, 7) is 3.74. The van der Waals surface area contributed by atoms with Crippen molar-refractivity contribution in [3.63, 3.8) is 0 Å². The van der Waals surface area contributed by atoms with Crippen LogP contribution >= 0.6 is 0 Å². The molecule has 0 unspecified atom stereocenters. The summed E-state index contributed by atoms with van der Waals surface area (Å²) in [6, 6.07) is 7.64. The minimum atomic E-state index is -0.767. The molecule has 0 radical (unpaired) electrons. The van der Waals surface area contributed by atoms with Crippen LogP contribution < -0.4 is 9.64 Å². The molecule has 21 heavy (non-hydrogen) atoms. The first-order chi connectivity index (χ1) is 10.1. The molecule has 1 fully saturated rings. The smallest absolute Gasteiger partial charge is 0.304 e. The number of hydrogen-bond acceptors (Lipinski definition) is 5. The number of carboxylic acids is 1. The number of aliphatic carboxylic acids is 1. The van der Waals surface area contributed by atoms with Crippen molar-refractivity contribution < 1.29 is 14.6 Å². The van der Waals surface area contributed by atoms with Gasteiger partial charge in [-0.1, -0.05) is 0 Å². The predicted octanol–water partition coefficient (Wildman–Crippen LogP) is 1.16. The maximum Gasteiger partial charge on any atom is 0.304 e. The molecule has 0 spiro atoms. The Labute approximate surface area is 124 Å². The zero-order valence-electron chi connectivity index (χ0n) is 12.1. The molecule has 1 aromatic carbocycles. The molecule has 0 aliphatic carbocycles. The molecule has 1 saturated heterocycles. The number of hydrogen-bond donors (Lipinski definition) is 1. The number of methoxy groups -OCH3 is 1. The van der Waals surface area contributed by atoms with Crippen molar-refractivity contribution in [2.75, 3.05) is 44.7 Å². The summed E-state index contributed by atoms with van der Waals surface area (Å²) in [4.78, 5) is 14.9. The Bertz CT molecular complexity index is 546. The van der Waals surface area contributed by atoms with Gasteiger partial charge in [0.2, 0.25) is 0 Å². The van der Waals surface area contributed by atoms with Crippen LogP contribution in [-0.2, 0) is 4.79 Å². The van der Waals surface area contributed by atoms with Crippen molar-refractivity contribution in [1.82, 2.24) is 4.90 Å². The van der Waals surface area contributed by atoms with Crippen molar-refractivity contribution in [2.45, 2.75) is 6.42 Å². The molecular weight excluding hydrogens is 270 g/mol. The van der Waals surface area contributed by atoms with E-state index in [4.69, 9.17) is 9.84 Å². The average molecular weight is 289 g/mol. The van der Waals surface area contributed by atoms with Crippen molar-refractivity contribution in [3.8, 4) is 11.8 Å². The van der Waals surface area contributed by atoms with E-state index in [1.165, 1.54) is 0 Å². The summed E-state index contributed by atoms with van der Waals surface area (Å²) in [5.74, 6) is -0.0331. The SMILES string of the molecule is COc1ccc(C#N)c(N2CCN(CCC(=O)O)CC2)c1. The molecule has 1 heterocycles. The first kappa shape index (κ1) is 15.1. The van der Waals surface area contributed by atoms with Gasteiger partial charge in [-0.3, -0.25) is 9.69 Å². The lowest BCUT2D eigenvalue weighted by Crippen LogP contribution is -2.47. The molecule has 0 amide bonds. The predicted molar refractivity (Wildman–Crippen MR) is 78.6 cm³/mol. The second-order valence-corrected chi connectivity index (χ2v) is 4.97. The number of piperazine rings is 1. The lowest BCUT2D eigenvalue weighted by atomic mass is 10.1. The molecule has 0 bridgehead atoms. The number of nitrogens with zero attached hydrogens (tertiary/aromatic N) is 3. The highest BCUT2D eigenvalue weighted by atomic mass is 16.5. The summed E-state index contributed by atoms with van der Waals surface area (Å²) in [7, 11) is 1.61. The van der Waals surface area contributed by atoms with E-state index in [2.05, 4.69) is 15.9 Å². The molecule has 0 atom stereocenters. The lowest BCUT2D eigenvalue weighted by Gasteiger charge is -2.36. The Kier molecular flexibility index (Phi) is 5.01. The molecule has 1 aromatic rings. The largest absolute Gasteiger partial charge is 0.497 e. The fourth-order valence-electron chi connectivity index (χ4n) is 2.46. The van der Waals surface area contributed by atoms with Crippen LogP contribution in [0.25, 0.3) is 0 Å². The van der Waals surface area contributed by atoms with Crippen LogP contribution in [0.2, 0.25) is 0 Å². The van der Waals surface area contributed by atoms with E-state index in [1.54, 1.807) is 19.2 Å². The van der Waals surface area contributed by atoms with Gasteiger partial charge in [-0.15, -0.1) is 0 Å². The van der Waals surface area contributed by atoms with Gasteiger partial charge in [0.05, 0.1) is 24.8 Å². The summed E-state index contributed by atoms with van der Waals surface area (Å²) < 4.78 is 5.22. The van der Waals surface area contributed by atoms with E-state index in [0.717, 1.165) is 37.6 Å². The highest BCUT2D eigenvalue weighted by Crippen LogP contribution is 2.26. The fourth-order valence-corrected chi connectivity index (χ4v) is 2.46. The number of anilines is 1. The number of nitriles is 1. The molecule has 1 aliphatic rings. The Balaban J connectivity index is 2.02. The fraction of sp³-hybridized carbons (Fsp3) is 0.467. The van der Waals surface area contributed by atoms with E-state index in [-0.39, 0.29) is 6.42 Å². The second-order valence-electron chi connectivity index (χ2n) is 4.97. The van der Waals surface area contributed by atoms with Crippen molar-refractivity contribution in [3.05, 3.63) is 23.8 Å². The quantitative estimate of drug-likeness (QED) is 0.876. The minimum Gasteiger partial charge on any atom is -0.497 e. The van der Waals surface area contributed by atoms with Crippen molar-refractivity contribution in [2.24, 2.45) is 0 Å². The molecule has 0 aromatic heterocycles. The Morgan fingerprint density at radius 3 is 2.67 bits per heavy atom. The summed E-state index contributed by atoms with van der Waals surface area (Å²) in [5.41, 5.74) is 1.52. The maximum absolute atomic E-state index is 10.6. The normalized spacial score (nSPS) is 15.5. The van der Waals surface area contributed by atoms with E-state index in [1.807, 2.05) is 6.07 Å². The zero-order chi connectivity index (χ0) is 15.2. The van der Waals surface area contributed by atoms with Crippen LogP contribution in [0, 0.1) is 11.3 Å². The van der Waals surface area contributed by atoms with Gasteiger partial charge in [-0.05, 0) is 12.1 Å². The monoisotopic (exact) mass is 289 g/mol. The molecule has 6 heteroatoms. The third kappa shape index (κ3) is 3.86. The van der Waals surface area contributed by atoms with E-state index in [0.29, 0.717) is 12.1 Å². The lowest BCUT2D eigenvalue weighted by molar-refractivity contribution is -0.137. The second kappa shape index (κ2) is 6.95. The molecule has 1 N–H and O–H groups in total. The van der Waals surface area contributed by atoms with Gasteiger partial charge < -0.3 is 14.7 Å². The van der Waals surface area contributed by atoms with Crippen LogP contribution in [0.5, 0.6) is 5.75 Å². The third-order valence-electron chi connectivity index (χ3n) is 3.68. The number of carboxylic acid groups (broad SMARTS) is 1. The van der Waals surface area contributed by atoms with Crippen LogP contribution in [0.3, 0.4) is 0 Å². The van der Waals surface area contributed by atoms with Gasteiger partial charge in [0.1, 0.15) is 11.8 Å². The van der Waals surface area contributed by atoms with Gasteiger partial charge >= 0.3 is 5.97 Å². The Morgan fingerprint density at radius 2 is 2.10 bits per heavy atom. The molecule has 0 saturated carbocycles. The standard InChI is InChI=1S/C15H19N3O3/c1-21-13-3-2-12(11-16)14(10-13)18-8-6-17(7-9-18)5-4-15(19)20/h2-3,10H,4-9H2,1H3,(H,19,20). The molecular formula is C15H19N3O3. The zero-order valence-corrected chi connectivity index (χ0v) is 12.1. The van der Waals surface area contributed by atoms with E-state index < -0.39 is 5.97 Å². The minimum absolute atomic E-state index is 0.169.